The van der Waals surface area contributed by atoms with Crippen molar-refractivity contribution in [1.29, 1.82) is 0 Å². The Morgan fingerprint density at radius 2 is 1.24 bits per heavy atom. The summed E-state index contributed by atoms with van der Waals surface area (Å²) in [6.45, 7) is 0. The minimum Gasteiger partial charge on any atom is -0.243 e. The zero-order chi connectivity index (χ0) is 21.8. The van der Waals surface area contributed by atoms with Gasteiger partial charge >= 0.3 is 0 Å². The Morgan fingerprint density at radius 3 is 2.18 bits per heavy atom. The molecular weight excluding hydrogens is 420 g/mol. The highest BCUT2D eigenvalue weighted by molar-refractivity contribution is 7.25. The molecule has 0 atom stereocenters. The highest BCUT2D eigenvalue weighted by Gasteiger charge is 2.12. The molecule has 0 spiro atoms. The average Bonchev–Trinajstić information content (AvgIpc) is 3.23. The number of thiophene rings is 1. The van der Waals surface area contributed by atoms with E-state index < -0.39 is 0 Å². The second-order valence-corrected chi connectivity index (χ2v) is 9.32. The molecule has 2 nitrogen and oxygen atoms in total. The molecule has 0 unspecified atom stereocenters. The third-order valence-electron chi connectivity index (χ3n) is 6.28. The zero-order valence-corrected chi connectivity index (χ0v) is 18.5. The fourth-order valence-electron chi connectivity index (χ4n) is 4.66. The topological polar surface area (TPSA) is 25.8 Å². The molecule has 0 aliphatic heterocycles. The molecule has 154 valence electrons. The van der Waals surface area contributed by atoms with Crippen LogP contribution in [-0.4, -0.2) is 9.97 Å². The first-order chi connectivity index (χ1) is 16.3. The fourth-order valence-corrected chi connectivity index (χ4v) is 5.67. The third kappa shape index (κ3) is 3.01. The maximum absolute atomic E-state index is 4.95. The summed E-state index contributed by atoms with van der Waals surface area (Å²) in [5.41, 5.74) is 7.75. The zero-order valence-electron chi connectivity index (χ0n) is 17.7. The van der Waals surface area contributed by atoms with Gasteiger partial charge in [0.05, 0.1) is 11.0 Å². The second-order valence-electron chi connectivity index (χ2n) is 8.29. The lowest BCUT2D eigenvalue weighted by Crippen LogP contribution is -1.85. The van der Waals surface area contributed by atoms with Crippen LogP contribution < -0.4 is 0 Å². The number of para-hydroxylation sites is 2. The Kier molecular flexibility index (Phi) is 4.05. The number of hydrogen-bond acceptors (Lipinski definition) is 3. The van der Waals surface area contributed by atoms with Crippen molar-refractivity contribution in [3.63, 3.8) is 0 Å². The Balaban J connectivity index is 1.40. The number of hydrogen-bond donors (Lipinski definition) is 0. The van der Waals surface area contributed by atoms with E-state index in [1.165, 1.54) is 43.1 Å². The van der Waals surface area contributed by atoms with Gasteiger partial charge in [-0.25, -0.2) is 9.97 Å². The number of aromatic nitrogens is 2. The van der Waals surface area contributed by atoms with E-state index in [9.17, 15) is 0 Å². The Hall–Kier alpha value is -4.08. The van der Waals surface area contributed by atoms with Crippen LogP contribution in [0.4, 0.5) is 0 Å². The van der Waals surface area contributed by atoms with Gasteiger partial charge < -0.3 is 0 Å². The molecule has 7 rings (SSSR count). The van der Waals surface area contributed by atoms with Crippen LogP contribution in [0.25, 0.3) is 64.5 Å². The normalized spacial score (nSPS) is 11.6. The van der Waals surface area contributed by atoms with Crippen LogP contribution in [0, 0.1) is 0 Å². The van der Waals surface area contributed by atoms with E-state index in [-0.39, 0.29) is 0 Å². The van der Waals surface area contributed by atoms with Crippen molar-refractivity contribution < 1.29 is 0 Å². The van der Waals surface area contributed by atoms with Crippen LogP contribution in [0.5, 0.6) is 0 Å². The van der Waals surface area contributed by atoms with Gasteiger partial charge in [0.1, 0.15) is 10.3 Å². The summed E-state index contributed by atoms with van der Waals surface area (Å²) in [4.78, 5) is 10.8. The quantitative estimate of drug-likeness (QED) is 0.270. The van der Waals surface area contributed by atoms with Crippen LogP contribution in [0.1, 0.15) is 0 Å². The summed E-state index contributed by atoms with van der Waals surface area (Å²) >= 11 is 1.71. The molecule has 0 saturated heterocycles. The van der Waals surface area contributed by atoms with E-state index >= 15 is 0 Å². The summed E-state index contributed by atoms with van der Waals surface area (Å²) in [6.07, 6.45) is 0. The molecule has 3 heteroatoms. The summed E-state index contributed by atoms with van der Waals surface area (Å²) in [5, 5.41) is 3.71. The van der Waals surface area contributed by atoms with Gasteiger partial charge in [0.2, 0.25) is 0 Å². The van der Waals surface area contributed by atoms with E-state index in [1.54, 1.807) is 11.3 Å². The van der Waals surface area contributed by atoms with Crippen molar-refractivity contribution >= 4 is 53.6 Å². The van der Waals surface area contributed by atoms with Crippen LogP contribution >= 0.6 is 11.3 Å². The first kappa shape index (κ1) is 18.5. The van der Waals surface area contributed by atoms with Crippen molar-refractivity contribution in [2.75, 3.05) is 0 Å². The fraction of sp³-hybridized carbons (Fsp3) is 0. The Bertz CT molecular complexity index is 1830. The lowest BCUT2D eigenvalue weighted by Gasteiger charge is -2.09. The molecule has 0 amide bonds. The van der Waals surface area contributed by atoms with Crippen molar-refractivity contribution in [3.05, 3.63) is 109 Å². The van der Waals surface area contributed by atoms with Crippen LogP contribution in [0.15, 0.2) is 109 Å². The third-order valence-corrected chi connectivity index (χ3v) is 7.33. The Morgan fingerprint density at radius 1 is 0.515 bits per heavy atom. The van der Waals surface area contributed by atoms with Crippen molar-refractivity contribution in [2.45, 2.75) is 0 Å². The van der Waals surface area contributed by atoms with E-state index in [0.29, 0.717) is 0 Å². The molecule has 0 aliphatic carbocycles. The largest absolute Gasteiger partial charge is 0.243 e. The van der Waals surface area contributed by atoms with Gasteiger partial charge in [0.15, 0.2) is 0 Å². The van der Waals surface area contributed by atoms with Gasteiger partial charge in [0, 0.05) is 10.1 Å². The maximum Gasteiger partial charge on any atom is 0.143 e. The first-order valence-electron chi connectivity index (χ1n) is 11.0. The lowest BCUT2D eigenvalue weighted by atomic mass is 9.95. The van der Waals surface area contributed by atoms with Gasteiger partial charge in [-0.1, -0.05) is 78.9 Å². The minimum absolute atomic E-state index is 0.938. The Labute approximate surface area is 194 Å². The van der Waals surface area contributed by atoms with Gasteiger partial charge in [0.25, 0.3) is 0 Å². The van der Waals surface area contributed by atoms with Gasteiger partial charge in [-0.2, -0.15) is 0 Å². The van der Waals surface area contributed by atoms with Crippen molar-refractivity contribution in [1.82, 2.24) is 9.97 Å². The van der Waals surface area contributed by atoms with Crippen LogP contribution in [0.3, 0.4) is 0 Å². The molecule has 0 fully saturated rings. The summed E-state index contributed by atoms with van der Waals surface area (Å²) in [6, 6.07) is 38.7. The molecule has 33 heavy (non-hydrogen) atoms. The molecular formula is C30H18N2S. The van der Waals surface area contributed by atoms with Gasteiger partial charge in [-0.3, -0.25) is 0 Å². The molecule has 0 aliphatic rings. The molecule has 0 saturated carbocycles. The summed E-state index contributed by atoms with van der Waals surface area (Å²) in [5.74, 6) is 0. The van der Waals surface area contributed by atoms with Gasteiger partial charge in [-0.15, -0.1) is 11.3 Å². The van der Waals surface area contributed by atoms with Gasteiger partial charge in [-0.05, 0) is 63.4 Å². The maximum atomic E-state index is 4.95. The predicted molar refractivity (Wildman–Crippen MR) is 141 cm³/mol. The lowest BCUT2D eigenvalue weighted by molar-refractivity contribution is 1.43. The highest BCUT2D eigenvalue weighted by Crippen LogP contribution is 2.37. The molecule has 2 heterocycles. The number of nitrogens with zero attached hydrogens (tertiary/aromatic N) is 2. The highest BCUT2D eigenvalue weighted by atomic mass is 32.1. The smallest absolute Gasteiger partial charge is 0.143 e. The molecule has 0 radical (unpaired) electrons. The standard InChI is InChI=1S/C30H18N2S/c1-2-11-23-19(7-1)8-6-12-24(23)22-10-5-9-20(17-22)21-15-16-28-25(18-21)29-30(33-28)32-27-14-4-3-13-26(27)31-29/h1-18H. The van der Waals surface area contributed by atoms with E-state index in [0.717, 1.165) is 21.4 Å². The van der Waals surface area contributed by atoms with Crippen molar-refractivity contribution in [3.8, 4) is 22.3 Å². The predicted octanol–water partition coefficient (Wildman–Crippen LogP) is 8.48. The van der Waals surface area contributed by atoms with Crippen LogP contribution in [0.2, 0.25) is 0 Å². The molecule has 5 aromatic carbocycles. The number of fused-ring (bicyclic) bond motifs is 5. The van der Waals surface area contributed by atoms with Crippen molar-refractivity contribution in [2.24, 2.45) is 0 Å². The molecule has 2 aromatic heterocycles. The first-order valence-corrected chi connectivity index (χ1v) is 11.8. The van der Waals surface area contributed by atoms with E-state index in [4.69, 9.17) is 9.97 Å². The minimum atomic E-state index is 0.938. The molecule has 0 N–H and O–H groups in total. The monoisotopic (exact) mass is 438 g/mol. The van der Waals surface area contributed by atoms with E-state index in [2.05, 4.69) is 84.9 Å². The SMILES string of the molecule is c1cc(-c2ccc3sc4nc5ccccc5nc4c3c2)cc(-c2cccc3ccccc23)c1. The second kappa shape index (κ2) is 7.22. The molecule has 7 aromatic rings. The molecule has 0 bridgehead atoms. The summed E-state index contributed by atoms with van der Waals surface area (Å²) < 4.78 is 1.22. The van der Waals surface area contributed by atoms with E-state index in [1.807, 2.05) is 24.3 Å². The van der Waals surface area contributed by atoms with Crippen LogP contribution in [-0.2, 0) is 0 Å². The number of rotatable bonds is 2. The average molecular weight is 439 g/mol. The summed E-state index contributed by atoms with van der Waals surface area (Å²) in [7, 11) is 0. The number of benzene rings is 5.